The summed E-state index contributed by atoms with van der Waals surface area (Å²) >= 11 is 0. The first kappa shape index (κ1) is 16.1. The van der Waals surface area contributed by atoms with Gasteiger partial charge in [-0.1, -0.05) is 6.92 Å². The van der Waals surface area contributed by atoms with Gasteiger partial charge in [0.15, 0.2) is 0 Å². The van der Waals surface area contributed by atoms with Crippen molar-refractivity contribution in [3.63, 3.8) is 0 Å². The summed E-state index contributed by atoms with van der Waals surface area (Å²) < 4.78 is 10.8. The minimum atomic E-state index is 0.0773. The predicted molar refractivity (Wildman–Crippen MR) is 88.6 cm³/mol. The van der Waals surface area contributed by atoms with E-state index in [0.717, 1.165) is 43.0 Å². The first-order valence-electron chi connectivity index (χ1n) is 8.36. The van der Waals surface area contributed by atoms with Gasteiger partial charge in [-0.15, -0.1) is 0 Å². The van der Waals surface area contributed by atoms with Gasteiger partial charge in [0.2, 0.25) is 5.91 Å². The zero-order valence-corrected chi connectivity index (χ0v) is 14.2. The molecule has 1 N–H and O–H groups in total. The van der Waals surface area contributed by atoms with E-state index in [1.54, 1.807) is 14.2 Å². The highest BCUT2D eigenvalue weighted by molar-refractivity contribution is 5.79. The number of hydrogen-bond acceptors (Lipinski definition) is 4. The summed E-state index contributed by atoms with van der Waals surface area (Å²) in [7, 11) is 3.32. The molecule has 126 valence electrons. The van der Waals surface area contributed by atoms with Crippen molar-refractivity contribution < 1.29 is 14.3 Å². The molecular formula is C18H26N2O3. The van der Waals surface area contributed by atoms with Gasteiger partial charge in [0.1, 0.15) is 11.5 Å². The lowest BCUT2D eigenvalue weighted by Gasteiger charge is -2.35. The molecule has 1 unspecified atom stereocenters. The van der Waals surface area contributed by atoms with Crippen LogP contribution in [0.25, 0.3) is 0 Å². The molecule has 1 aliphatic carbocycles. The van der Waals surface area contributed by atoms with Gasteiger partial charge < -0.3 is 19.7 Å². The molecule has 5 nitrogen and oxygen atoms in total. The van der Waals surface area contributed by atoms with Crippen molar-refractivity contribution in [2.24, 2.45) is 11.8 Å². The molecule has 1 aliphatic heterocycles. The van der Waals surface area contributed by atoms with Gasteiger partial charge in [0.25, 0.3) is 0 Å². The number of nitrogens with zero attached hydrogens (tertiary/aromatic N) is 1. The molecule has 1 aromatic rings. The lowest BCUT2D eigenvalue weighted by molar-refractivity contribution is -0.138. The van der Waals surface area contributed by atoms with Crippen LogP contribution in [-0.2, 0) is 11.3 Å². The van der Waals surface area contributed by atoms with Crippen LogP contribution in [0.1, 0.15) is 25.3 Å². The summed E-state index contributed by atoms with van der Waals surface area (Å²) in [4.78, 5) is 15.0. The van der Waals surface area contributed by atoms with Crippen molar-refractivity contribution in [3.05, 3.63) is 23.8 Å². The molecule has 1 aromatic carbocycles. The van der Waals surface area contributed by atoms with Crippen molar-refractivity contribution in [1.82, 2.24) is 10.2 Å². The fraction of sp³-hybridized carbons (Fsp3) is 0.611. The maximum absolute atomic E-state index is 12.9. The number of ether oxygens (including phenoxy) is 2. The molecule has 0 aromatic heterocycles. The number of carbonyl (C=O) groups is 1. The Hall–Kier alpha value is -1.75. The number of rotatable bonds is 7. The Balaban J connectivity index is 1.78. The molecule has 1 heterocycles. The molecule has 3 rings (SSSR count). The van der Waals surface area contributed by atoms with E-state index in [1.807, 2.05) is 23.1 Å². The number of nitrogens with one attached hydrogen (secondary N) is 1. The second kappa shape index (κ2) is 6.79. The van der Waals surface area contributed by atoms with Crippen molar-refractivity contribution in [2.45, 2.75) is 32.4 Å². The van der Waals surface area contributed by atoms with E-state index in [4.69, 9.17) is 9.47 Å². The molecule has 1 saturated heterocycles. The van der Waals surface area contributed by atoms with Crippen molar-refractivity contribution in [3.8, 4) is 11.5 Å². The minimum Gasteiger partial charge on any atom is -0.497 e. The monoisotopic (exact) mass is 318 g/mol. The predicted octanol–water partition coefficient (Wildman–Crippen LogP) is 2.05. The Kier molecular flexibility index (Phi) is 4.76. The van der Waals surface area contributed by atoms with Crippen LogP contribution >= 0.6 is 0 Å². The first-order chi connectivity index (χ1) is 11.1. The van der Waals surface area contributed by atoms with Gasteiger partial charge in [-0.3, -0.25) is 4.79 Å². The van der Waals surface area contributed by atoms with Gasteiger partial charge in [-0.25, -0.2) is 0 Å². The molecule has 1 amide bonds. The molecule has 0 spiro atoms. The molecule has 2 aliphatic rings. The minimum absolute atomic E-state index is 0.0773. The van der Waals surface area contributed by atoms with E-state index in [0.29, 0.717) is 18.5 Å². The fourth-order valence-electron chi connectivity index (χ4n) is 3.09. The normalized spacial score (nSPS) is 18.9. The molecule has 23 heavy (non-hydrogen) atoms. The maximum Gasteiger partial charge on any atom is 0.226 e. The third-order valence-electron chi connectivity index (χ3n) is 5.01. The van der Waals surface area contributed by atoms with E-state index in [1.165, 1.54) is 0 Å². The van der Waals surface area contributed by atoms with Gasteiger partial charge in [0, 0.05) is 24.1 Å². The Bertz CT molecular complexity index is 567. The highest BCUT2D eigenvalue weighted by Gasteiger charge is 2.38. The largest absolute Gasteiger partial charge is 0.497 e. The van der Waals surface area contributed by atoms with Crippen molar-refractivity contribution in [1.29, 1.82) is 0 Å². The zero-order chi connectivity index (χ0) is 16.4. The lowest BCUT2D eigenvalue weighted by Crippen LogP contribution is -2.50. The van der Waals surface area contributed by atoms with Gasteiger partial charge in [-0.2, -0.15) is 0 Å². The second-order valence-electron chi connectivity index (χ2n) is 6.58. The van der Waals surface area contributed by atoms with Crippen LogP contribution in [0.5, 0.6) is 11.5 Å². The standard InChI is InChI=1S/C18H26N2O3/c1-12(14-9-19-10-14)18(21)20(15-4-5-15)11-13-8-16(22-2)6-7-17(13)23-3/h6-8,12,14-15,19H,4-5,9-11H2,1-3H3. The van der Waals surface area contributed by atoms with E-state index < -0.39 is 0 Å². The lowest BCUT2D eigenvalue weighted by atomic mass is 9.87. The topological polar surface area (TPSA) is 50.8 Å². The molecule has 0 bridgehead atoms. The summed E-state index contributed by atoms with van der Waals surface area (Å²) in [5.74, 6) is 2.41. The molecule has 1 saturated carbocycles. The number of hydrogen-bond donors (Lipinski definition) is 1. The summed E-state index contributed by atoms with van der Waals surface area (Å²) in [6, 6.07) is 6.14. The average Bonchev–Trinajstić information content (AvgIpc) is 3.34. The molecule has 2 fully saturated rings. The van der Waals surface area contributed by atoms with Crippen LogP contribution in [0.2, 0.25) is 0 Å². The fourth-order valence-corrected chi connectivity index (χ4v) is 3.09. The first-order valence-corrected chi connectivity index (χ1v) is 8.36. The summed E-state index contributed by atoms with van der Waals surface area (Å²) in [6.07, 6.45) is 2.21. The van der Waals surface area contributed by atoms with E-state index in [9.17, 15) is 4.79 Å². The Labute approximate surface area is 137 Å². The van der Waals surface area contributed by atoms with Crippen LogP contribution in [0.3, 0.4) is 0 Å². The zero-order valence-electron chi connectivity index (χ0n) is 14.2. The number of methoxy groups -OCH3 is 2. The molecular weight excluding hydrogens is 292 g/mol. The number of carbonyl (C=O) groups excluding carboxylic acids is 1. The number of amides is 1. The smallest absolute Gasteiger partial charge is 0.226 e. The summed E-state index contributed by atoms with van der Waals surface area (Å²) in [6.45, 7) is 4.56. The Morgan fingerprint density at radius 3 is 2.57 bits per heavy atom. The van der Waals surface area contributed by atoms with E-state index >= 15 is 0 Å². The van der Waals surface area contributed by atoms with Crippen molar-refractivity contribution >= 4 is 5.91 Å². The van der Waals surface area contributed by atoms with Crippen LogP contribution < -0.4 is 14.8 Å². The summed E-state index contributed by atoms with van der Waals surface area (Å²) in [5.41, 5.74) is 1.01. The van der Waals surface area contributed by atoms with Crippen molar-refractivity contribution in [2.75, 3.05) is 27.3 Å². The van der Waals surface area contributed by atoms with Gasteiger partial charge >= 0.3 is 0 Å². The SMILES string of the molecule is COc1ccc(OC)c(CN(C(=O)C(C)C2CNC2)C2CC2)c1. The Morgan fingerprint density at radius 1 is 1.30 bits per heavy atom. The van der Waals surface area contributed by atoms with E-state index in [2.05, 4.69) is 12.2 Å². The van der Waals surface area contributed by atoms with Crippen LogP contribution in [-0.4, -0.2) is 44.2 Å². The highest BCUT2D eigenvalue weighted by atomic mass is 16.5. The highest BCUT2D eigenvalue weighted by Crippen LogP contribution is 2.34. The van der Waals surface area contributed by atoms with E-state index in [-0.39, 0.29) is 11.8 Å². The molecule has 5 heteroatoms. The molecule has 0 radical (unpaired) electrons. The van der Waals surface area contributed by atoms with Gasteiger partial charge in [0.05, 0.1) is 14.2 Å². The quantitative estimate of drug-likeness (QED) is 0.836. The third kappa shape index (κ3) is 3.44. The third-order valence-corrected chi connectivity index (χ3v) is 5.01. The second-order valence-corrected chi connectivity index (χ2v) is 6.58. The van der Waals surface area contributed by atoms with Gasteiger partial charge in [-0.05, 0) is 50.0 Å². The average molecular weight is 318 g/mol. The Morgan fingerprint density at radius 2 is 2.04 bits per heavy atom. The molecule has 1 atom stereocenters. The summed E-state index contributed by atoms with van der Waals surface area (Å²) in [5, 5.41) is 3.26. The number of benzene rings is 1. The van der Waals surface area contributed by atoms with Crippen LogP contribution in [0.15, 0.2) is 18.2 Å². The van der Waals surface area contributed by atoms with Crippen LogP contribution in [0, 0.1) is 11.8 Å². The van der Waals surface area contributed by atoms with Crippen LogP contribution in [0.4, 0.5) is 0 Å². The maximum atomic E-state index is 12.9.